The van der Waals surface area contributed by atoms with E-state index in [0.717, 1.165) is 11.1 Å². The third kappa shape index (κ3) is 5.52. The maximum Gasteiger partial charge on any atom is 0.422 e. The summed E-state index contributed by atoms with van der Waals surface area (Å²) in [7, 11) is -0.111. The molecular weight excluding hydrogens is 419 g/mol. The van der Waals surface area contributed by atoms with Gasteiger partial charge in [-0.2, -0.15) is 13.2 Å². The molecule has 1 fully saturated rings. The number of thiazole rings is 1. The van der Waals surface area contributed by atoms with Gasteiger partial charge < -0.3 is 15.0 Å². The zero-order valence-corrected chi connectivity index (χ0v) is 16.1. The first-order valence-corrected chi connectivity index (χ1v) is 10.2. The van der Waals surface area contributed by atoms with Crippen molar-refractivity contribution in [2.24, 2.45) is 6.26 Å². The number of amides is 1. The third-order valence-electron chi connectivity index (χ3n) is 4.13. The molecule has 158 valence electrons. The van der Waals surface area contributed by atoms with E-state index in [2.05, 4.69) is 15.3 Å². The number of halogens is 5. The molecule has 0 bridgehead atoms. The van der Waals surface area contributed by atoms with Gasteiger partial charge in [-0.15, -0.1) is 0 Å². The number of rotatable bonds is 7. The average molecular weight is 437 g/mol. The van der Waals surface area contributed by atoms with Crippen LogP contribution in [-0.4, -0.2) is 54.2 Å². The maximum atomic E-state index is 13.1. The number of carbonyl (C=O) groups excluding carboxylic acids is 1. The van der Waals surface area contributed by atoms with Crippen molar-refractivity contribution >= 4 is 22.1 Å². The second-order valence-electron chi connectivity index (χ2n) is 6.53. The van der Waals surface area contributed by atoms with Gasteiger partial charge in [-0.25, -0.2) is 18.7 Å². The lowest BCUT2D eigenvalue weighted by Crippen LogP contribution is -2.56. The fraction of sp³-hybridized carbons (Fsp3) is 0.471. The van der Waals surface area contributed by atoms with Crippen LogP contribution in [-0.2, 0) is 12.7 Å². The molecule has 1 atom stereocenters. The van der Waals surface area contributed by atoms with E-state index in [0.29, 0.717) is 6.42 Å². The summed E-state index contributed by atoms with van der Waals surface area (Å²) in [4.78, 5) is 21.7. The number of anilines is 1. The Morgan fingerprint density at radius 3 is 2.66 bits per heavy atom. The highest BCUT2D eigenvalue weighted by atomic mass is 32.2. The van der Waals surface area contributed by atoms with Crippen LogP contribution in [0.1, 0.15) is 15.5 Å². The van der Waals surface area contributed by atoms with Gasteiger partial charge in [-0.05, 0) is 10.5 Å². The number of ether oxygens (including phenoxy) is 1. The number of hydrogen-bond donors (Lipinski definition) is 1. The molecule has 1 unspecified atom stereocenters. The maximum absolute atomic E-state index is 13.1. The van der Waals surface area contributed by atoms with Crippen molar-refractivity contribution in [2.45, 2.75) is 18.5 Å². The number of hydrogen-bond acceptors (Lipinski definition) is 5. The SMILES string of the molecule is C[s+]1ccnc1CCNC(=O)c1ncc(N2CC(F)(F)C2)cc1OCC(F)(F)F. The van der Waals surface area contributed by atoms with E-state index >= 15 is 0 Å². The summed E-state index contributed by atoms with van der Waals surface area (Å²) in [6.07, 6.45) is 0.686. The minimum Gasteiger partial charge on any atom is -0.482 e. The van der Waals surface area contributed by atoms with Crippen LogP contribution < -0.4 is 15.0 Å². The molecule has 1 aliphatic heterocycles. The fourth-order valence-electron chi connectivity index (χ4n) is 2.70. The molecule has 3 rings (SSSR count). The summed E-state index contributed by atoms with van der Waals surface area (Å²) in [5.74, 6) is -3.99. The van der Waals surface area contributed by atoms with Crippen LogP contribution >= 0.6 is 10.5 Å². The second kappa shape index (κ2) is 8.09. The van der Waals surface area contributed by atoms with Crippen molar-refractivity contribution in [3.63, 3.8) is 0 Å². The molecule has 0 radical (unpaired) electrons. The first-order valence-electron chi connectivity index (χ1n) is 8.53. The lowest BCUT2D eigenvalue weighted by Gasteiger charge is -2.40. The molecule has 0 aliphatic carbocycles. The smallest absolute Gasteiger partial charge is 0.422 e. The molecule has 2 aromatic heterocycles. The number of pyridine rings is 1. The van der Waals surface area contributed by atoms with Crippen LogP contribution in [0.3, 0.4) is 0 Å². The Morgan fingerprint density at radius 2 is 2.07 bits per heavy atom. The number of nitrogens with zero attached hydrogens (tertiary/aromatic N) is 3. The summed E-state index contributed by atoms with van der Waals surface area (Å²) in [5.41, 5.74) is -0.182. The molecule has 0 saturated carbocycles. The predicted molar refractivity (Wildman–Crippen MR) is 96.7 cm³/mol. The van der Waals surface area contributed by atoms with E-state index in [-0.39, 0.29) is 28.4 Å². The van der Waals surface area contributed by atoms with Gasteiger partial charge in [0.05, 0.1) is 37.6 Å². The summed E-state index contributed by atoms with van der Waals surface area (Å²) in [5, 5.41) is 5.41. The highest BCUT2D eigenvalue weighted by Crippen LogP contribution is 2.34. The van der Waals surface area contributed by atoms with E-state index in [9.17, 15) is 26.7 Å². The van der Waals surface area contributed by atoms with Crippen molar-refractivity contribution in [3.8, 4) is 5.75 Å². The van der Waals surface area contributed by atoms with E-state index in [4.69, 9.17) is 4.74 Å². The van der Waals surface area contributed by atoms with Gasteiger partial charge in [0, 0.05) is 12.6 Å². The summed E-state index contributed by atoms with van der Waals surface area (Å²) in [6.45, 7) is -2.56. The minimum atomic E-state index is -4.63. The normalized spacial score (nSPS) is 16.3. The lowest BCUT2D eigenvalue weighted by molar-refractivity contribution is -0.153. The molecule has 0 aromatic carbocycles. The van der Waals surface area contributed by atoms with Crippen molar-refractivity contribution in [2.75, 3.05) is 31.1 Å². The van der Waals surface area contributed by atoms with Crippen LogP contribution in [0, 0.1) is 0 Å². The van der Waals surface area contributed by atoms with E-state index < -0.39 is 43.5 Å². The topological polar surface area (TPSA) is 67.4 Å². The van der Waals surface area contributed by atoms with E-state index in [1.54, 1.807) is 6.20 Å². The van der Waals surface area contributed by atoms with Crippen LogP contribution in [0.5, 0.6) is 5.75 Å². The second-order valence-corrected chi connectivity index (χ2v) is 8.39. The molecule has 1 N–H and O–H groups in total. The first kappa shape index (κ1) is 21.2. The molecular formula is C17H18F5N4O2S+. The quantitative estimate of drug-likeness (QED) is 0.533. The monoisotopic (exact) mass is 437 g/mol. The largest absolute Gasteiger partial charge is 0.482 e. The van der Waals surface area contributed by atoms with E-state index in [1.165, 1.54) is 11.1 Å². The van der Waals surface area contributed by atoms with Crippen molar-refractivity contribution < 1.29 is 31.5 Å². The standard InChI is InChI=1S/C17H17F5N4O2S/c1-29-5-4-23-13(29)2-3-24-15(27)14-12(28-10-17(20,21)22)6-11(7-25-14)26-8-16(18,19)9-26/h4-7H,2-3,8-10H2,1H3/p+1. The van der Waals surface area contributed by atoms with Crippen LogP contribution in [0.2, 0.25) is 0 Å². The summed E-state index contributed by atoms with van der Waals surface area (Å²) in [6, 6.07) is 1.12. The molecule has 6 nitrogen and oxygen atoms in total. The predicted octanol–water partition coefficient (Wildman–Crippen LogP) is 3.13. The lowest BCUT2D eigenvalue weighted by atomic mass is 10.1. The highest BCUT2D eigenvalue weighted by Gasteiger charge is 2.44. The van der Waals surface area contributed by atoms with Gasteiger partial charge in [0.15, 0.2) is 23.4 Å². The number of alkyl halides is 5. The van der Waals surface area contributed by atoms with Crippen LogP contribution in [0.4, 0.5) is 27.6 Å². The highest BCUT2D eigenvalue weighted by molar-refractivity contribution is 7.27. The minimum absolute atomic E-state index is 0.111. The van der Waals surface area contributed by atoms with Crippen LogP contribution in [0.15, 0.2) is 23.8 Å². The van der Waals surface area contributed by atoms with E-state index in [1.807, 2.05) is 11.6 Å². The van der Waals surface area contributed by atoms with Crippen LogP contribution in [0.25, 0.3) is 0 Å². The average Bonchev–Trinajstić information content (AvgIpc) is 3.02. The number of aryl methyl sites for hydroxylation is 1. The Hall–Kier alpha value is -2.50. The number of carbonyl (C=O) groups is 1. The van der Waals surface area contributed by atoms with Gasteiger partial charge >= 0.3 is 6.18 Å². The first-order chi connectivity index (χ1) is 13.5. The Bertz CT molecular complexity index is 879. The zero-order valence-electron chi connectivity index (χ0n) is 15.3. The molecule has 2 aromatic rings. The Kier molecular flexibility index (Phi) is 5.92. The van der Waals surface area contributed by atoms with Crippen molar-refractivity contribution in [1.82, 2.24) is 15.3 Å². The zero-order chi connectivity index (χ0) is 21.2. The fourth-order valence-corrected chi connectivity index (χ4v) is 3.75. The molecule has 1 aliphatic rings. The number of nitrogens with one attached hydrogen (secondary N) is 1. The Morgan fingerprint density at radius 1 is 1.34 bits per heavy atom. The Balaban J connectivity index is 1.71. The Labute approximate surface area is 165 Å². The number of aromatic nitrogens is 2. The molecule has 1 saturated heterocycles. The van der Waals surface area contributed by atoms with Gasteiger partial charge in [0.2, 0.25) is 5.01 Å². The van der Waals surface area contributed by atoms with Gasteiger partial charge in [0.1, 0.15) is 6.26 Å². The summed E-state index contributed by atoms with van der Waals surface area (Å²) < 4.78 is 68.5. The van der Waals surface area contributed by atoms with Gasteiger partial charge in [-0.3, -0.25) is 4.79 Å². The molecule has 1 amide bonds. The molecule has 0 spiro atoms. The third-order valence-corrected chi connectivity index (χ3v) is 5.72. The van der Waals surface area contributed by atoms with Gasteiger partial charge in [-0.1, -0.05) is 0 Å². The molecule has 29 heavy (non-hydrogen) atoms. The van der Waals surface area contributed by atoms with Crippen molar-refractivity contribution in [3.05, 3.63) is 34.5 Å². The molecule has 12 heteroatoms. The van der Waals surface area contributed by atoms with Gasteiger partial charge in [0.25, 0.3) is 11.8 Å². The molecule has 3 heterocycles. The summed E-state index contributed by atoms with van der Waals surface area (Å²) >= 11 is 0. The van der Waals surface area contributed by atoms with Crippen molar-refractivity contribution in [1.29, 1.82) is 0 Å².